The molecule has 0 spiro atoms. The number of benzene rings is 1. The average molecular weight is 394 g/mol. The van der Waals surface area contributed by atoms with Gasteiger partial charge in [0.2, 0.25) is 0 Å². The van der Waals surface area contributed by atoms with Gasteiger partial charge in [-0.25, -0.2) is 14.1 Å². The first kappa shape index (κ1) is 19.2. The summed E-state index contributed by atoms with van der Waals surface area (Å²) in [7, 11) is 0. The van der Waals surface area contributed by atoms with E-state index < -0.39 is 0 Å². The van der Waals surface area contributed by atoms with Crippen LogP contribution in [-0.2, 0) is 6.54 Å². The highest BCUT2D eigenvalue weighted by molar-refractivity contribution is 5.92. The molecule has 0 saturated carbocycles. The molecule has 3 heterocycles. The van der Waals surface area contributed by atoms with Gasteiger partial charge < -0.3 is 4.90 Å². The Hall–Kier alpha value is -3.13. The van der Waals surface area contributed by atoms with Crippen molar-refractivity contribution in [1.29, 1.82) is 0 Å². The highest BCUT2D eigenvalue weighted by Crippen LogP contribution is 2.19. The van der Waals surface area contributed by atoms with Crippen molar-refractivity contribution >= 4 is 5.91 Å². The Morgan fingerprint density at radius 2 is 2.03 bits per heavy atom. The molecule has 29 heavy (non-hydrogen) atoms. The number of aromatic nitrogens is 4. The summed E-state index contributed by atoms with van der Waals surface area (Å²) in [4.78, 5) is 25.2. The van der Waals surface area contributed by atoms with E-state index >= 15 is 0 Å². The molecule has 0 radical (unpaired) electrons. The van der Waals surface area contributed by atoms with Gasteiger partial charge in [-0.3, -0.25) is 14.7 Å². The zero-order valence-electron chi connectivity index (χ0n) is 16.3. The second-order valence-corrected chi connectivity index (χ2v) is 7.19. The summed E-state index contributed by atoms with van der Waals surface area (Å²) in [6, 6.07) is 6.61. The van der Waals surface area contributed by atoms with Gasteiger partial charge in [-0.2, -0.15) is 5.10 Å². The summed E-state index contributed by atoms with van der Waals surface area (Å²) in [5, 5.41) is 4.27. The molecule has 1 aliphatic heterocycles. The average Bonchev–Trinajstić information content (AvgIpc) is 3.15. The summed E-state index contributed by atoms with van der Waals surface area (Å²) in [6.45, 7) is 5.24. The largest absolute Gasteiger partial charge is 0.336 e. The van der Waals surface area contributed by atoms with Crippen molar-refractivity contribution in [1.82, 2.24) is 29.5 Å². The maximum atomic E-state index is 13.9. The van der Waals surface area contributed by atoms with Crippen molar-refractivity contribution in [2.24, 2.45) is 0 Å². The summed E-state index contributed by atoms with van der Waals surface area (Å²) < 4.78 is 15.6. The minimum Gasteiger partial charge on any atom is -0.336 e. The lowest BCUT2D eigenvalue weighted by atomic mass is 10.1. The highest BCUT2D eigenvalue weighted by atomic mass is 19.1. The Bertz CT molecular complexity index is 973. The fourth-order valence-corrected chi connectivity index (χ4v) is 3.55. The third-order valence-electron chi connectivity index (χ3n) is 5.06. The monoisotopic (exact) mass is 394 g/mol. The van der Waals surface area contributed by atoms with E-state index in [-0.39, 0.29) is 11.7 Å². The summed E-state index contributed by atoms with van der Waals surface area (Å²) in [6.07, 6.45) is 7.54. The molecule has 0 aliphatic carbocycles. The van der Waals surface area contributed by atoms with Crippen molar-refractivity contribution in [3.8, 4) is 5.69 Å². The Kier molecular flexibility index (Phi) is 5.62. The number of amides is 1. The Balaban J connectivity index is 1.45. The second kappa shape index (κ2) is 8.48. The van der Waals surface area contributed by atoms with E-state index in [1.807, 2.05) is 24.1 Å². The van der Waals surface area contributed by atoms with Gasteiger partial charge >= 0.3 is 0 Å². The topological polar surface area (TPSA) is 67.2 Å². The van der Waals surface area contributed by atoms with E-state index in [4.69, 9.17) is 0 Å². The van der Waals surface area contributed by atoms with Gasteiger partial charge in [0, 0.05) is 51.3 Å². The third-order valence-corrected chi connectivity index (χ3v) is 5.06. The first-order valence-electron chi connectivity index (χ1n) is 9.69. The van der Waals surface area contributed by atoms with Crippen LogP contribution in [0, 0.1) is 12.7 Å². The molecule has 0 atom stereocenters. The molecule has 1 saturated heterocycles. The Morgan fingerprint density at radius 3 is 2.79 bits per heavy atom. The van der Waals surface area contributed by atoms with Crippen molar-refractivity contribution < 1.29 is 9.18 Å². The lowest BCUT2D eigenvalue weighted by Crippen LogP contribution is -2.35. The molecule has 7 nitrogen and oxygen atoms in total. The first-order chi connectivity index (χ1) is 14.1. The number of carbonyl (C=O) groups excluding carboxylic acids is 1. The number of aryl methyl sites for hydroxylation is 1. The maximum Gasteiger partial charge on any atom is 0.274 e. The first-order valence-corrected chi connectivity index (χ1v) is 9.69. The van der Waals surface area contributed by atoms with Gasteiger partial charge in [-0.05, 0) is 43.2 Å². The smallest absolute Gasteiger partial charge is 0.274 e. The fraction of sp³-hybridized carbons (Fsp3) is 0.333. The minimum absolute atomic E-state index is 0.0951. The van der Waals surface area contributed by atoms with E-state index in [2.05, 4.69) is 20.0 Å². The van der Waals surface area contributed by atoms with Crippen molar-refractivity contribution in [3.05, 3.63) is 71.8 Å². The van der Waals surface area contributed by atoms with Gasteiger partial charge in [0.1, 0.15) is 11.5 Å². The van der Waals surface area contributed by atoms with Crippen molar-refractivity contribution in [2.45, 2.75) is 19.9 Å². The molecule has 1 aromatic carbocycles. The fourth-order valence-electron chi connectivity index (χ4n) is 3.55. The molecular weight excluding hydrogens is 371 g/mol. The minimum atomic E-state index is -0.263. The predicted molar refractivity (Wildman–Crippen MR) is 106 cm³/mol. The molecule has 3 aromatic rings. The molecule has 1 amide bonds. The van der Waals surface area contributed by atoms with Crippen LogP contribution in [0.5, 0.6) is 0 Å². The van der Waals surface area contributed by atoms with Crippen LogP contribution >= 0.6 is 0 Å². The summed E-state index contributed by atoms with van der Waals surface area (Å²) >= 11 is 0. The zero-order valence-corrected chi connectivity index (χ0v) is 16.3. The van der Waals surface area contributed by atoms with Crippen LogP contribution in [0.25, 0.3) is 5.69 Å². The Morgan fingerprint density at radius 1 is 1.14 bits per heavy atom. The maximum absolute atomic E-state index is 13.9. The van der Waals surface area contributed by atoms with Gasteiger partial charge in [-0.1, -0.05) is 0 Å². The van der Waals surface area contributed by atoms with Gasteiger partial charge in [-0.15, -0.1) is 0 Å². The van der Waals surface area contributed by atoms with Crippen molar-refractivity contribution in [3.63, 3.8) is 0 Å². The zero-order chi connectivity index (χ0) is 20.2. The van der Waals surface area contributed by atoms with Crippen LogP contribution in [0.1, 0.15) is 28.2 Å². The molecule has 2 aromatic heterocycles. The summed E-state index contributed by atoms with van der Waals surface area (Å²) in [5.41, 5.74) is 2.89. The highest BCUT2D eigenvalue weighted by Gasteiger charge is 2.22. The number of rotatable bonds is 4. The van der Waals surface area contributed by atoms with Crippen LogP contribution in [0.4, 0.5) is 4.39 Å². The van der Waals surface area contributed by atoms with Gasteiger partial charge in [0.25, 0.3) is 5.91 Å². The van der Waals surface area contributed by atoms with E-state index in [0.29, 0.717) is 31.9 Å². The molecule has 0 unspecified atom stereocenters. The summed E-state index contributed by atoms with van der Waals surface area (Å²) in [5.74, 6) is -0.359. The molecule has 4 rings (SSSR count). The lowest BCUT2D eigenvalue weighted by molar-refractivity contribution is 0.0754. The van der Waals surface area contributed by atoms with E-state index in [9.17, 15) is 9.18 Å². The van der Waals surface area contributed by atoms with Crippen LogP contribution < -0.4 is 0 Å². The number of carbonyl (C=O) groups is 1. The number of hydrogen-bond donors (Lipinski definition) is 0. The third kappa shape index (κ3) is 4.48. The Labute approximate surface area is 168 Å². The SMILES string of the molecule is Cc1cnc(C(=O)N2CCCN(Cc3cc(F)ccc3-n3cccn3)CC2)cn1. The van der Waals surface area contributed by atoms with Crippen LogP contribution in [0.2, 0.25) is 0 Å². The number of nitrogens with zero attached hydrogens (tertiary/aromatic N) is 6. The molecule has 1 fully saturated rings. The molecule has 150 valence electrons. The van der Waals surface area contributed by atoms with Gasteiger partial charge in [0.05, 0.1) is 17.6 Å². The van der Waals surface area contributed by atoms with E-state index in [0.717, 1.165) is 29.9 Å². The van der Waals surface area contributed by atoms with E-state index in [1.165, 1.54) is 12.3 Å². The molecule has 1 aliphatic rings. The van der Waals surface area contributed by atoms with Gasteiger partial charge in [0.15, 0.2) is 0 Å². The number of halogens is 1. The molecule has 0 bridgehead atoms. The lowest BCUT2D eigenvalue weighted by Gasteiger charge is -2.23. The molecule has 0 N–H and O–H groups in total. The quantitative estimate of drug-likeness (QED) is 0.680. The second-order valence-electron chi connectivity index (χ2n) is 7.19. The van der Waals surface area contributed by atoms with Crippen LogP contribution in [0.3, 0.4) is 0 Å². The van der Waals surface area contributed by atoms with Crippen LogP contribution in [0.15, 0.2) is 49.1 Å². The van der Waals surface area contributed by atoms with Crippen LogP contribution in [-0.4, -0.2) is 61.6 Å². The van der Waals surface area contributed by atoms with Crippen molar-refractivity contribution in [2.75, 3.05) is 26.2 Å². The molecular formula is C21H23FN6O. The van der Waals surface area contributed by atoms with E-state index in [1.54, 1.807) is 29.2 Å². The number of hydrogen-bond acceptors (Lipinski definition) is 5. The molecule has 8 heteroatoms. The standard InChI is InChI=1S/C21H23FN6O/c1-16-13-24-19(14-23-16)21(29)27-8-3-7-26(10-11-27)15-17-12-18(22)4-5-20(17)28-9-2-6-25-28/h2,4-6,9,12-14H,3,7-8,10-11,15H2,1H3. The predicted octanol–water partition coefficient (Wildman–Crippen LogP) is 2.46. The normalized spacial score (nSPS) is 15.3.